The van der Waals surface area contributed by atoms with Crippen LogP contribution in [-0.4, -0.2) is 29.1 Å². The second-order valence-corrected chi connectivity index (χ2v) is 6.07. The molecule has 0 saturated carbocycles. The van der Waals surface area contributed by atoms with E-state index in [1.807, 2.05) is 26.8 Å². The number of carbonyl (C=O) groups is 1. The predicted molar refractivity (Wildman–Crippen MR) is 75.9 cm³/mol. The number of halogens is 1. The quantitative estimate of drug-likeness (QED) is 0.919. The number of likely N-dealkylation sites (tertiary alicyclic amines) is 1. The topological polar surface area (TPSA) is 40.5 Å². The first-order valence-electron chi connectivity index (χ1n) is 7.10. The number of nitrogens with zero attached hydrogens (tertiary/aromatic N) is 1. The molecular formula is C16H22FNO2. The van der Waals surface area contributed by atoms with E-state index in [1.165, 1.54) is 12.1 Å². The highest BCUT2D eigenvalue weighted by Crippen LogP contribution is 2.41. The van der Waals surface area contributed by atoms with E-state index in [2.05, 4.69) is 4.90 Å². The van der Waals surface area contributed by atoms with E-state index in [-0.39, 0.29) is 17.8 Å². The van der Waals surface area contributed by atoms with E-state index in [1.54, 1.807) is 6.07 Å². The van der Waals surface area contributed by atoms with Gasteiger partial charge in [-0.15, -0.1) is 0 Å². The van der Waals surface area contributed by atoms with Crippen LogP contribution in [0.15, 0.2) is 24.3 Å². The molecular weight excluding hydrogens is 257 g/mol. The number of hydrogen-bond acceptors (Lipinski definition) is 2. The molecule has 0 amide bonds. The van der Waals surface area contributed by atoms with Gasteiger partial charge in [0.15, 0.2) is 0 Å². The lowest BCUT2D eigenvalue weighted by molar-refractivity contribution is -0.151. The lowest BCUT2D eigenvalue weighted by Crippen LogP contribution is -2.39. The van der Waals surface area contributed by atoms with E-state index in [0.717, 1.165) is 12.1 Å². The lowest BCUT2D eigenvalue weighted by Gasteiger charge is -2.31. The van der Waals surface area contributed by atoms with Gasteiger partial charge in [-0.3, -0.25) is 9.69 Å². The molecule has 0 aliphatic carbocycles. The molecule has 2 rings (SSSR count). The first-order valence-corrected chi connectivity index (χ1v) is 7.10. The number of hydrogen-bond donors (Lipinski definition) is 1. The minimum absolute atomic E-state index is 0.0330. The molecule has 1 aromatic carbocycles. The summed E-state index contributed by atoms with van der Waals surface area (Å²) in [6.45, 7) is 7.20. The van der Waals surface area contributed by atoms with Gasteiger partial charge in [0.2, 0.25) is 0 Å². The Morgan fingerprint density at radius 2 is 2.10 bits per heavy atom. The molecule has 1 fully saturated rings. The summed E-state index contributed by atoms with van der Waals surface area (Å²) in [5, 5.41) is 9.56. The average Bonchev–Trinajstić information content (AvgIpc) is 2.84. The van der Waals surface area contributed by atoms with Gasteiger partial charge in [-0.1, -0.05) is 26.0 Å². The predicted octanol–water partition coefficient (Wildman–Crippen LogP) is 3.32. The number of benzene rings is 1. The van der Waals surface area contributed by atoms with Crippen LogP contribution >= 0.6 is 0 Å². The van der Waals surface area contributed by atoms with Gasteiger partial charge in [0.25, 0.3) is 0 Å². The Morgan fingerprint density at radius 3 is 2.60 bits per heavy atom. The highest BCUT2D eigenvalue weighted by molar-refractivity contribution is 5.75. The molecule has 110 valence electrons. The van der Waals surface area contributed by atoms with E-state index in [4.69, 9.17) is 0 Å². The van der Waals surface area contributed by atoms with Gasteiger partial charge < -0.3 is 5.11 Å². The number of carboxylic acids is 1. The molecule has 1 heterocycles. The molecule has 1 aliphatic rings. The highest BCUT2D eigenvalue weighted by Gasteiger charge is 2.48. The van der Waals surface area contributed by atoms with Crippen LogP contribution in [0.1, 0.15) is 38.8 Å². The summed E-state index contributed by atoms with van der Waals surface area (Å²) >= 11 is 0. The van der Waals surface area contributed by atoms with Crippen molar-refractivity contribution in [1.82, 2.24) is 4.90 Å². The van der Waals surface area contributed by atoms with Crippen molar-refractivity contribution in [1.29, 1.82) is 0 Å². The first-order chi connectivity index (χ1) is 9.36. The summed E-state index contributed by atoms with van der Waals surface area (Å²) in [5.74, 6) is -0.881. The maximum absolute atomic E-state index is 13.3. The van der Waals surface area contributed by atoms with Crippen molar-refractivity contribution in [3.63, 3.8) is 0 Å². The molecule has 2 unspecified atom stereocenters. The summed E-state index contributed by atoms with van der Waals surface area (Å²) in [5.41, 5.74) is 0.219. The SMILES string of the molecule is CC(c1cccc(F)c1)N1CCC(C(=O)O)(C(C)C)C1. The molecule has 4 heteroatoms. The maximum Gasteiger partial charge on any atom is 0.311 e. The molecule has 1 N–H and O–H groups in total. The molecule has 0 radical (unpaired) electrons. The highest BCUT2D eigenvalue weighted by atomic mass is 19.1. The van der Waals surface area contributed by atoms with Crippen LogP contribution in [0.25, 0.3) is 0 Å². The van der Waals surface area contributed by atoms with Crippen molar-refractivity contribution in [3.8, 4) is 0 Å². The second-order valence-electron chi connectivity index (χ2n) is 6.07. The Balaban J connectivity index is 2.18. The van der Waals surface area contributed by atoms with Crippen molar-refractivity contribution in [2.45, 2.75) is 33.2 Å². The van der Waals surface area contributed by atoms with Crippen LogP contribution in [0.4, 0.5) is 4.39 Å². The van der Waals surface area contributed by atoms with Crippen molar-refractivity contribution in [2.75, 3.05) is 13.1 Å². The molecule has 1 aromatic rings. The Morgan fingerprint density at radius 1 is 1.40 bits per heavy atom. The van der Waals surface area contributed by atoms with E-state index in [9.17, 15) is 14.3 Å². The summed E-state index contributed by atoms with van der Waals surface area (Å²) < 4.78 is 13.3. The monoisotopic (exact) mass is 279 g/mol. The van der Waals surface area contributed by atoms with Gasteiger partial charge in [0.05, 0.1) is 5.41 Å². The Kier molecular flexibility index (Phi) is 4.14. The zero-order valence-electron chi connectivity index (χ0n) is 12.3. The summed E-state index contributed by atoms with van der Waals surface area (Å²) in [6.07, 6.45) is 0.652. The summed E-state index contributed by atoms with van der Waals surface area (Å²) in [4.78, 5) is 13.8. The van der Waals surface area contributed by atoms with Crippen molar-refractivity contribution < 1.29 is 14.3 Å². The van der Waals surface area contributed by atoms with Crippen LogP contribution < -0.4 is 0 Å². The van der Waals surface area contributed by atoms with Gasteiger partial charge >= 0.3 is 5.97 Å². The summed E-state index contributed by atoms with van der Waals surface area (Å²) in [6, 6.07) is 6.58. The van der Waals surface area contributed by atoms with Crippen LogP contribution in [0.5, 0.6) is 0 Å². The fourth-order valence-corrected chi connectivity index (χ4v) is 3.06. The van der Waals surface area contributed by atoms with Gasteiger partial charge in [-0.2, -0.15) is 0 Å². The Labute approximate surface area is 119 Å². The average molecular weight is 279 g/mol. The third-order valence-corrected chi connectivity index (χ3v) is 4.74. The van der Waals surface area contributed by atoms with Crippen LogP contribution in [0.3, 0.4) is 0 Å². The van der Waals surface area contributed by atoms with Gasteiger partial charge in [0.1, 0.15) is 5.82 Å². The van der Waals surface area contributed by atoms with E-state index in [0.29, 0.717) is 13.0 Å². The van der Waals surface area contributed by atoms with Crippen molar-refractivity contribution >= 4 is 5.97 Å². The summed E-state index contributed by atoms with van der Waals surface area (Å²) in [7, 11) is 0. The first kappa shape index (κ1) is 15.0. The fourth-order valence-electron chi connectivity index (χ4n) is 3.06. The third kappa shape index (κ3) is 2.57. The zero-order chi connectivity index (χ0) is 14.9. The van der Waals surface area contributed by atoms with Crippen molar-refractivity contribution in [2.24, 2.45) is 11.3 Å². The molecule has 3 nitrogen and oxygen atoms in total. The maximum atomic E-state index is 13.3. The molecule has 0 bridgehead atoms. The Hall–Kier alpha value is -1.42. The van der Waals surface area contributed by atoms with Gasteiger partial charge in [-0.05, 0) is 43.5 Å². The normalized spacial score (nSPS) is 25.1. The zero-order valence-corrected chi connectivity index (χ0v) is 12.3. The molecule has 2 atom stereocenters. The van der Waals surface area contributed by atoms with Crippen LogP contribution in [-0.2, 0) is 4.79 Å². The molecule has 1 saturated heterocycles. The third-order valence-electron chi connectivity index (χ3n) is 4.74. The fraction of sp³-hybridized carbons (Fsp3) is 0.562. The van der Waals surface area contributed by atoms with Gasteiger partial charge in [-0.25, -0.2) is 4.39 Å². The lowest BCUT2D eigenvalue weighted by atomic mass is 9.76. The standard InChI is InChI=1S/C16H22FNO2/c1-11(2)16(15(19)20)7-8-18(10-16)12(3)13-5-4-6-14(17)9-13/h4-6,9,11-12H,7-8,10H2,1-3H3,(H,19,20). The van der Waals surface area contributed by atoms with Crippen LogP contribution in [0.2, 0.25) is 0 Å². The number of rotatable bonds is 4. The number of aliphatic carboxylic acids is 1. The van der Waals surface area contributed by atoms with E-state index < -0.39 is 11.4 Å². The second kappa shape index (κ2) is 5.52. The van der Waals surface area contributed by atoms with Crippen LogP contribution in [0, 0.1) is 17.2 Å². The molecule has 0 aromatic heterocycles. The molecule has 1 aliphatic heterocycles. The minimum atomic E-state index is -0.721. The smallest absolute Gasteiger partial charge is 0.311 e. The number of carboxylic acid groups (broad SMARTS) is 1. The van der Waals surface area contributed by atoms with E-state index >= 15 is 0 Å². The largest absolute Gasteiger partial charge is 0.481 e. The molecule has 20 heavy (non-hydrogen) atoms. The minimum Gasteiger partial charge on any atom is -0.481 e. The van der Waals surface area contributed by atoms with Gasteiger partial charge in [0, 0.05) is 12.6 Å². The molecule has 0 spiro atoms. The Bertz CT molecular complexity index is 503. The van der Waals surface area contributed by atoms with Crippen molar-refractivity contribution in [3.05, 3.63) is 35.6 Å².